The summed E-state index contributed by atoms with van der Waals surface area (Å²) in [4.78, 5) is 12.1. The van der Waals surface area contributed by atoms with Gasteiger partial charge in [-0.3, -0.25) is 10.2 Å². The molecule has 1 amide bonds. The summed E-state index contributed by atoms with van der Waals surface area (Å²) in [5, 5.41) is 16.2. The van der Waals surface area contributed by atoms with Crippen LogP contribution >= 0.6 is 0 Å². The molecule has 0 saturated carbocycles. The molecule has 0 bridgehead atoms. The van der Waals surface area contributed by atoms with Gasteiger partial charge in [0, 0.05) is 38.4 Å². The van der Waals surface area contributed by atoms with Gasteiger partial charge >= 0.3 is 0 Å². The van der Waals surface area contributed by atoms with Gasteiger partial charge < -0.3 is 10.7 Å². The monoisotopic (exact) mass is 368 g/mol. The molecular formula is C16H15N4OY-. The van der Waals surface area contributed by atoms with Gasteiger partial charge in [-0.25, -0.2) is 0 Å². The van der Waals surface area contributed by atoms with E-state index in [9.17, 15) is 10.2 Å². The molecule has 22 heavy (non-hydrogen) atoms. The third kappa shape index (κ3) is 5.50. The number of nitrogens with one attached hydrogen (secondary N) is 2. The smallest absolute Gasteiger partial charge is 0.274 e. The molecule has 0 unspecified atom stereocenters. The van der Waals surface area contributed by atoms with Crippen molar-refractivity contribution in [3.8, 4) is 0 Å². The summed E-state index contributed by atoms with van der Waals surface area (Å²) < 4.78 is 0. The van der Waals surface area contributed by atoms with Gasteiger partial charge in [-0.15, -0.1) is 0 Å². The van der Waals surface area contributed by atoms with E-state index in [1.807, 2.05) is 48.5 Å². The van der Waals surface area contributed by atoms with Crippen LogP contribution in [0.15, 0.2) is 65.8 Å². The van der Waals surface area contributed by atoms with Crippen LogP contribution in [0.5, 0.6) is 0 Å². The molecule has 5 nitrogen and oxygen atoms in total. The third-order valence-electron chi connectivity index (χ3n) is 2.66. The van der Waals surface area contributed by atoms with E-state index in [4.69, 9.17) is 0 Å². The first-order valence-electron chi connectivity index (χ1n) is 6.45. The molecule has 6 heteroatoms. The van der Waals surface area contributed by atoms with Crippen LogP contribution in [-0.2, 0) is 37.5 Å². The van der Waals surface area contributed by atoms with E-state index in [-0.39, 0.29) is 44.1 Å². The quantitative estimate of drug-likeness (QED) is 0.629. The van der Waals surface area contributed by atoms with Gasteiger partial charge in [-0.05, 0) is 24.3 Å². The van der Waals surface area contributed by atoms with Gasteiger partial charge in [0.25, 0.3) is 5.91 Å². The van der Waals surface area contributed by atoms with Crippen molar-refractivity contribution in [2.75, 3.05) is 10.7 Å². The van der Waals surface area contributed by atoms with Crippen molar-refractivity contribution in [2.45, 2.75) is 6.92 Å². The molecule has 0 saturated heterocycles. The van der Waals surface area contributed by atoms with E-state index in [1.165, 1.54) is 6.92 Å². The van der Waals surface area contributed by atoms with Crippen LogP contribution in [-0.4, -0.2) is 17.3 Å². The zero-order valence-electron chi connectivity index (χ0n) is 12.2. The molecule has 0 aliphatic heterocycles. The summed E-state index contributed by atoms with van der Waals surface area (Å²) in [6, 6.07) is 18.2. The van der Waals surface area contributed by atoms with Crippen molar-refractivity contribution in [1.82, 2.24) is 0 Å². The summed E-state index contributed by atoms with van der Waals surface area (Å²) in [5.41, 5.74) is 3.87. The standard InChI is InChI=1S/C16H15N4O.Y/c1-12(17)15(20-19-14-10-6-3-7-11-14)16(21)18-13-8-4-2-5-9-13;/h2-11,19H,1H3,(H,18,21);/q-1;/b20-15+;. The fourth-order valence-electron chi connectivity index (χ4n) is 1.64. The van der Waals surface area contributed by atoms with Gasteiger partial charge in [-0.1, -0.05) is 43.3 Å². The number of rotatable bonds is 5. The van der Waals surface area contributed by atoms with Gasteiger partial charge in [-0.2, -0.15) is 10.8 Å². The Labute approximate surface area is 154 Å². The maximum absolute atomic E-state index is 12.1. The maximum atomic E-state index is 12.1. The van der Waals surface area contributed by atoms with E-state index in [0.717, 1.165) is 5.69 Å². The van der Waals surface area contributed by atoms with Crippen LogP contribution in [0.4, 0.5) is 11.4 Å². The van der Waals surface area contributed by atoms with Crippen LogP contribution in [0, 0.1) is 0 Å². The molecule has 0 aliphatic rings. The van der Waals surface area contributed by atoms with Crippen LogP contribution in [0.1, 0.15) is 6.92 Å². The summed E-state index contributed by atoms with van der Waals surface area (Å²) in [7, 11) is 0. The van der Waals surface area contributed by atoms with Crippen molar-refractivity contribution in [3.63, 3.8) is 0 Å². The van der Waals surface area contributed by atoms with Crippen molar-refractivity contribution in [3.05, 3.63) is 66.1 Å². The number of hydrogen-bond acceptors (Lipinski definition) is 3. The molecular weight excluding hydrogens is 353 g/mol. The van der Waals surface area contributed by atoms with Crippen LogP contribution in [0.2, 0.25) is 0 Å². The van der Waals surface area contributed by atoms with Gasteiger partial charge in [0.15, 0.2) is 0 Å². The predicted molar refractivity (Wildman–Crippen MR) is 86.6 cm³/mol. The number of carbonyl (C=O) groups excluding carboxylic acids is 1. The number of amides is 1. The normalized spacial score (nSPS) is 10.3. The zero-order chi connectivity index (χ0) is 15.1. The molecule has 0 heterocycles. The molecule has 2 aromatic rings. The Morgan fingerprint density at radius 3 is 1.95 bits per heavy atom. The van der Waals surface area contributed by atoms with Crippen molar-refractivity contribution < 1.29 is 37.5 Å². The Hall–Kier alpha value is -1.85. The molecule has 0 aromatic heterocycles. The number of anilines is 2. The van der Waals surface area contributed by atoms with Gasteiger partial charge in [0.05, 0.1) is 5.69 Å². The van der Waals surface area contributed by atoms with Gasteiger partial charge in [0.1, 0.15) is 5.71 Å². The molecule has 2 N–H and O–H groups in total. The number of nitrogens with zero attached hydrogens (tertiary/aromatic N) is 2. The first-order chi connectivity index (χ1) is 10.2. The minimum Gasteiger partial charge on any atom is -0.806 e. The number of benzene rings is 2. The fourth-order valence-corrected chi connectivity index (χ4v) is 1.64. The van der Waals surface area contributed by atoms with Crippen LogP contribution in [0.3, 0.4) is 0 Å². The minimum absolute atomic E-state index is 0. The molecule has 1 radical (unpaired) electrons. The average Bonchev–Trinajstić information content (AvgIpc) is 2.49. The average molecular weight is 368 g/mol. The summed E-state index contributed by atoms with van der Waals surface area (Å²) in [6.45, 7) is 1.41. The van der Waals surface area contributed by atoms with E-state index in [2.05, 4.69) is 15.8 Å². The van der Waals surface area contributed by atoms with Crippen molar-refractivity contribution in [2.24, 2.45) is 5.10 Å². The molecule has 0 atom stereocenters. The van der Waals surface area contributed by atoms with Gasteiger partial charge in [0.2, 0.25) is 0 Å². The second-order valence-electron chi connectivity index (χ2n) is 4.34. The van der Waals surface area contributed by atoms with Crippen LogP contribution < -0.4 is 10.7 Å². The third-order valence-corrected chi connectivity index (χ3v) is 2.66. The largest absolute Gasteiger partial charge is 0.806 e. The number of carbonyl (C=O) groups is 1. The molecule has 0 spiro atoms. The Morgan fingerprint density at radius 2 is 1.45 bits per heavy atom. The second-order valence-corrected chi connectivity index (χ2v) is 4.34. The van der Waals surface area contributed by atoms with E-state index >= 15 is 0 Å². The van der Waals surface area contributed by atoms with Crippen molar-refractivity contribution in [1.29, 1.82) is 0 Å². The first kappa shape index (κ1) is 18.2. The Balaban J connectivity index is 0.00000242. The summed E-state index contributed by atoms with van der Waals surface area (Å²) >= 11 is 0. The van der Waals surface area contributed by atoms with Crippen LogP contribution in [0.25, 0.3) is 5.41 Å². The Morgan fingerprint density at radius 1 is 0.955 bits per heavy atom. The van der Waals surface area contributed by atoms with E-state index < -0.39 is 5.91 Å². The number of hydrogen-bond donors (Lipinski definition) is 2. The summed E-state index contributed by atoms with van der Waals surface area (Å²) in [6.07, 6.45) is 0. The number of hydrazone groups is 1. The van der Waals surface area contributed by atoms with E-state index in [0.29, 0.717) is 5.69 Å². The number of para-hydroxylation sites is 2. The van der Waals surface area contributed by atoms with E-state index in [1.54, 1.807) is 12.1 Å². The molecule has 2 aromatic carbocycles. The Kier molecular flexibility index (Phi) is 7.64. The SMILES string of the molecule is CC(=[N-])/C(=N\Nc1ccccc1)C(=O)Nc1ccccc1.[Y]. The topological polar surface area (TPSA) is 75.8 Å². The molecule has 109 valence electrons. The predicted octanol–water partition coefficient (Wildman–Crippen LogP) is 3.12. The van der Waals surface area contributed by atoms with Crippen molar-refractivity contribution >= 4 is 28.7 Å². The first-order valence-corrected chi connectivity index (χ1v) is 6.45. The Bertz CT molecular complexity index is 656. The molecule has 0 fully saturated rings. The fraction of sp³-hybridized carbons (Fsp3) is 0.0625. The summed E-state index contributed by atoms with van der Waals surface area (Å²) in [5.74, 6) is -0.482. The zero-order valence-corrected chi connectivity index (χ0v) is 15.0. The second kappa shape index (κ2) is 9.23. The maximum Gasteiger partial charge on any atom is 0.274 e. The molecule has 2 rings (SSSR count). The molecule has 0 aliphatic carbocycles. The minimum atomic E-state index is -0.482.